The monoisotopic (exact) mass is 460 g/mol. The van der Waals surface area contributed by atoms with Crippen LogP contribution in [0.15, 0.2) is 66.7 Å². The number of carboxylic acid groups (broad SMARTS) is 1. The molecular formula is C25H18ClFN4O2. The van der Waals surface area contributed by atoms with Crippen LogP contribution in [0.2, 0.25) is 5.02 Å². The molecule has 8 heteroatoms. The summed E-state index contributed by atoms with van der Waals surface area (Å²) in [5.74, 6) is -1.37. The zero-order valence-electron chi connectivity index (χ0n) is 17.4. The third-order valence-electron chi connectivity index (χ3n) is 5.44. The molecule has 0 fully saturated rings. The Morgan fingerprint density at radius 2 is 1.85 bits per heavy atom. The van der Waals surface area contributed by atoms with Crippen LogP contribution in [-0.2, 0) is 0 Å². The Morgan fingerprint density at radius 1 is 1.06 bits per heavy atom. The smallest absolute Gasteiger partial charge is 0.335 e. The fourth-order valence-corrected chi connectivity index (χ4v) is 4.06. The highest BCUT2D eigenvalue weighted by atomic mass is 35.5. The van der Waals surface area contributed by atoms with Crippen molar-refractivity contribution in [3.8, 4) is 11.3 Å². The van der Waals surface area contributed by atoms with E-state index in [9.17, 15) is 9.18 Å². The van der Waals surface area contributed by atoms with Gasteiger partial charge in [-0.2, -0.15) is 0 Å². The quantitative estimate of drug-likeness (QED) is 0.235. The summed E-state index contributed by atoms with van der Waals surface area (Å²) in [6, 6.07) is 18.6. The molecule has 33 heavy (non-hydrogen) atoms. The number of aromatic nitrogens is 2. The molecular weight excluding hydrogens is 443 g/mol. The lowest BCUT2D eigenvalue weighted by Gasteiger charge is -2.14. The van der Waals surface area contributed by atoms with Crippen LogP contribution in [0.4, 0.5) is 21.5 Å². The van der Waals surface area contributed by atoms with E-state index in [-0.39, 0.29) is 11.4 Å². The molecule has 0 spiro atoms. The fourth-order valence-electron chi connectivity index (χ4n) is 3.87. The zero-order chi connectivity index (χ0) is 23.1. The first-order valence-corrected chi connectivity index (χ1v) is 10.5. The van der Waals surface area contributed by atoms with Gasteiger partial charge in [-0.15, -0.1) is 0 Å². The predicted octanol–water partition coefficient (Wildman–Crippen LogP) is 6.66. The number of pyridine rings is 1. The molecule has 2 aromatic heterocycles. The SMILES string of the molecule is CNc1cc(F)cc2c(Nc3cccc(Cl)c3)c3cc(-c4ccc(C(=O)O)cc4)[nH]c3nc12. The van der Waals surface area contributed by atoms with Crippen molar-refractivity contribution in [3.05, 3.63) is 83.1 Å². The van der Waals surface area contributed by atoms with Crippen molar-refractivity contribution in [2.75, 3.05) is 17.7 Å². The number of aromatic amines is 1. The van der Waals surface area contributed by atoms with Gasteiger partial charge in [0.2, 0.25) is 0 Å². The number of nitrogens with zero attached hydrogens (tertiary/aromatic N) is 1. The largest absolute Gasteiger partial charge is 0.478 e. The van der Waals surface area contributed by atoms with Crippen LogP contribution in [0.5, 0.6) is 0 Å². The summed E-state index contributed by atoms with van der Waals surface area (Å²) in [4.78, 5) is 19.2. The van der Waals surface area contributed by atoms with E-state index in [0.717, 1.165) is 22.3 Å². The van der Waals surface area contributed by atoms with Crippen LogP contribution >= 0.6 is 11.6 Å². The van der Waals surface area contributed by atoms with E-state index in [1.807, 2.05) is 18.2 Å². The second-order valence-electron chi connectivity index (χ2n) is 7.55. The molecule has 0 amide bonds. The van der Waals surface area contributed by atoms with Gasteiger partial charge in [0, 0.05) is 34.2 Å². The Labute approximate surface area is 193 Å². The minimum atomic E-state index is -0.985. The Balaban J connectivity index is 1.75. The molecule has 0 atom stereocenters. The van der Waals surface area contributed by atoms with Gasteiger partial charge in [-0.05, 0) is 54.1 Å². The maximum absolute atomic E-state index is 14.5. The first-order chi connectivity index (χ1) is 15.9. The number of rotatable bonds is 5. The molecule has 0 bridgehead atoms. The summed E-state index contributed by atoms with van der Waals surface area (Å²) < 4.78 is 14.5. The zero-order valence-corrected chi connectivity index (χ0v) is 18.2. The van der Waals surface area contributed by atoms with Crippen LogP contribution in [0.25, 0.3) is 33.2 Å². The van der Waals surface area contributed by atoms with Crippen LogP contribution in [-0.4, -0.2) is 28.1 Å². The van der Waals surface area contributed by atoms with E-state index in [1.165, 1.54) is 12.1 Å². The predicted molar refractivity (Wildman–Crippen MR) is 130 cm³/mol. The lowest BCUT2D eigenvalue weighted by molar-refractivity contribution is 0.0697. The Morgan fingerprint density at radius 3 is 2.55 bits per heavy atom. The lowest BCUT2D eigenvalue weighted by Crippen LogP contribution is -1.98. The number of H-pyrrole nitrogens is 1. The number of nitrogens with one attached hydrogen (secondary N) is 3. The number of fused-ring (bicyclic) bond motifs is 2. The van der Waals surface area contributed by atoms with E-state index in [4.69, 9.17) is 21.7 Å². The van der Waals surface area contributed by atoms with Gasteiger partial charge in [-0.1, -0.05) is 29.8 Å². The van der Waals surface area contributed by atoms with Crippen LogP contribution in [0.3, 0.4) is 0 Å². The summed E-state index contributed by atoms with van der Waals surface area (Å²) >= 11 is 6.17. The van der Waals surface area contributed by atoms with Gasteiger partial charge in [-0.3, -0.25) is 0 Å². The third-order valence-corrected chi connectivity index (χ3v) is 5.68. The van der Waals surface area contributed by atoms with Crippen molar-refractivity contribution in [1.82, 2.24) is 9.97 Å². The van der Waals surface area contributed by atoms with Gasteiger partial charge in [0.25, 0.3) is 0 Å². The molecule has 4 N–H and O–H groups in total. The van der Waals surface area contributed by atoms with Crippen molar-refractivity contribution in [2.24, 2.45) is 0 Å². The Bertz CT molecular complexity index is 1530. The average Bonchev–Trinajstić information content (AvgIpc) is 3.23. The van der Waals surface area contributed by atoms with Gasteiger partial charge in [-0.25, -0.2) is 14.2 Å². The van der Waals surface area contributed by atoms with Crippen molar-refractivity contribution in [3.63, 3.8) is 0 Å². The van der Waals surface area contributed by atoms with Crippen LogP contribution in [0, 0.1) is 5.82 Å². The molecule has 2 heterocycles. The molecule has 5 aromatic rings. The van der Waals surface area contributed by atoms with Crippen LogP contribution in [0.1, 0.15) is 10.4 Å². The topological polar surface area (TPSA) is 90.0 Å². The van der Waals surface area contributed by atoms with Crippen LogP contribution < -0.4 is 10.6 Å². The van der Waals surface area contributed by atoms with Gasteiger partial charge >= 0.3 is 5.97 Å². The number of anilines is 3. The second kappa shape index (κ2) is 8.11. The molecule has 3 aromatic carbocycles. The number of aromatic carboxylic acids is 1. The first-order valence-electron chi connectivity index (χ1n) is 10.1. The molecule has 0 aliphatic rings. The molecule has 0 radical (unpaired) electrons. The molecule has 5 rings (SSSR count). The highest BCUT2D eigenvalue weighted by Gasteiger charge is 2.17. The average molecular weight is 461 g/mol. The number of halogens is 2. The normalized spacial score (nSPS) is 11.1. The van der Waals surface area contributed by atoms with E-state index in [2.05, 4.69) is 15.6 Å². The molecule has 0 saturated heterocycles. The summed E-state index contributed by atoms with van der Waals surface area (Å²) in [7, 11) is 1.72. The second-order valence-corrected chi connectivity index (χ2v) is 7.99. The van der Waals surface area contributed by atoms with E-state index < -0.39 is 5.97 Å². The molecule has 0 saturated carbocycles. The van der Waals surface area contributed by atoms with Gasteiger partial charge in [0.15, 0.2) is 0 Å². The van der Waals surface area contributed by atoms with E-state index in [1.54, 1.807) is 43.4 Å². The van der Waals surface area contributed by atoms with Gasteiger partial charge < -0.3 is 20.7 Å². The summed E-state index contributed by atoms with van der Waals surface area (Å²) in [6.07, 6.45) is 0. The number of benzene rings is 3. The van der Waals surface area contributed by atoms with Gasteiger partial charge in [0.1, 0.15) is 11.5 Å². The number of carboxylic acids is 1. The molecule has 0 aliphatic heterocycles. The van der Waals surface area contributed by atoms with Crippen molar-refractivity contribution in [1.29, 1.82) is 0 Å². The Hall–Kier alpha value is -4.10. The highest BCUT2D eigenvalue weighted by Crippen LogP contribution is 2.38. The minimum Gasteiger partial charge on any atom is -0.478 e. The minimum absolute atomic E-state index is 0.205. The summed E-state index contributed by atoms with van der Waals surface area (Å²) in [6.45, 7) is 0. The van der Waals surface area contributed by atoms with Gasteiger partial charge in [0.05, 0.1) is 22.5 Å². The maximum Gasteiger partial charge on any atom is 0.335 e. The maximum atomic E-state index is 14.5. The van der Waals surface area contributed by atoms with Crippen molar-refractivity contribution >= 4 is 56.6 Å². The lowest BCUT2D eigenvalue weighted by atomic mass is 10.1. The van der Waals surface area contributed by atoms with E-state index >= 15 is 0 Å². The molecule has 164 valence electrons. The standard InChI is InChI=1S/C25H18ClFN4O2/c1-28-21-11-16(27)10-18-22(29-17-4-2-3-15(26)9-17)19-12-20(30-24(19)31-23(18)21)13-5-7-14(8-6-13)25(32)33/h2-12,28H,1H3,(H,32,33)(H2,29,30,31). The third kappa shape index (κ3) is 3.83. The molecule has 6 nitrogen and oxygen atoms in total. The summed E-state index contributed by atoms with van der Waals surface area (Å²) in [5.41, 5.74) is 4.95. The Kier molecular flexibility index (Phi) is 5.11. The summed E-state index contributed by atoms with van der Waals surface area (Å²) in [5, 5.41) is 17.5. The number of hydrogen-bond donors (Lipinski definition) is 4. The molecule has 0 aliphatic carbocycles. The van der Waals surface area contributed by atoms with Crippen molar-refractivity contribution < 1.29 is 14.3 Å². The van der Waals surface area contributed by atoms with E-state index in [0.29, 0.717) is 32.9 Å². The molecule has 0 unspecified atom stereocenters. The van der Waals surface area contributed by atoms with Crippen molar-refractivity contribution in [2.45, 2.75) is 0 Å². The number of carbonyl (C=O) groups is 1. The first kappa shape index (κ1) is 20.8. The fraction of sp³-hybridized carbons (Fsp3) is 0.0400. The highest BCUT2D eigenvalue weighted by molar-refractivity contribution is 6.30. The number of hydrogen-bond acceptors (Lipinski definition) is 4.